The normalized spacial score (nSPS) is 26.4. The van der Waals surface area contributed by atoms with Crippen molar-refractivity contribution in [3.05, 3.63) is 66.3 Å². The first-order valence-corrected chi connectivity index (χ1v) is 11.6. The zero-order valence-electron chi connectivity index (χ0n) is 18.3. The molecule has 1 heterocycles. The SMILES string of the molecule is C=CC1CCC(C2CCC(c3ccc(-c4ccc(OCC)c(F)c4F)cc3)CO2)CC1. The molecular formula is C27H32F2O2. The summed E-state index contributed by atoms with van der Waals surface area (Å²) in [6.07, 6.45) is 9.64. The largest absolute Gasteiger partial charge is 0.491 e. The van der Waals surface area contributed by atoms with Crippen molar-refractivity contribution in [2.75, 3.05) is 13.2 Å². The van der Waals surface area contributed by atoms with E-state index < -0.39 is 11.6 Å². The van der Waals surface area contributed by atoms with Gasteiger partial charge in [-0.2, -0.15) is 4.39 Å². The van der Waals surface area contributed by atoms with Crippen LogP contribution in [0.2, 0.25) is 0 Å². The van der Waals surface area contributed by atoms with Gasteiger partial charge in [-0.1, -0.05) is 30.3 Å². The number of ether oxygens (including phenoxy) is 2. The fourth-order valence-electron chi connectivity index (χ4n) is 5.12. The molecule has 0 radical (unpaired) electrons. The molecule has 0 bridgehead atoms. The highest BCUT2D eigenvalue weighted by atomic mass is 19.2. The number of rotatable bonds is 6. The van der Waals surface area contributed by atoms with Crippen molar-refractivity contribution >= 4 is 0 Å². The number of hydrogen-bond acceptors (Lipinski definition) is 2. The van der Waals surface area contributed by atoms with Gasteiger partial charge in [0.1, 0.15) is 0 Å². The summed E-state index contributed by atoms with van der Waals surface area (Å²) in [5.74, 6) is -0.133. The minimum absolute atomic E-state index is 0.0488. The quantitative estimate of drug-likeness (QED) is 0.452. The third-order valence-corrected chi connectivity index (χ3v) is 7.03. The molecule has 2 aromatic rings. The highest BCUT2D eigenvalue weighted by molar-refractivity contribution is 5.65. The Morgan fingerprint density at radius 3 is 2.32 bits per heavy atom. The molecule has 1 aliphatic heterocycles. The topological polar surface area (TPSA) is 18.5 Å². The van der Waals surface area contributed by atoms with Gasteiger partial charge >= 0.3 is 0 Å². The molecule has 2 atom stereocenters. The first kappa shape index (κ1) is 22.0. The minimum atomic E-state index is -0.933. The smallest absolute Gasteiger partial charge is 0.201 e. The fraction of sp³-hybridized carbons (Fsp3) is 0.481. The summed E-state index contributed by atoms with van der Waals surface area (Å²) in [5, 5.41) is 0. The third-order valence-electron chi connectivity index (χ3n) is 7.03. The highest BCUT2D eigenvalue weighted by Gasteiger charge is 2.31. The van der Waals surface area contributed by atoms with Gasteiger partial charge in [0, 0.05) is 11.5 Å². The van der Waals surface area contributed by atoms with Crippen molar-refractivity contribution in [1.29, 1.82) is 0 Å². The van der Waals surface area contributed by atoms with Crippen LogP contribution in [0.25, 0.3) is 11.1 Å². The summed E-state index contributed by atoms with van der Waals surface area (Å²) >= 11 is 0. The molecule has 1 aliphatic carbocycles. The summed E-state index contributed by atoms with van der Waals surface area (Å²) in [6.45, 7) is 6.71. The molecule has 2 aromatic carbocycles. The van der Waals surface area contributed by atoms with Crippen molar-refractivity contribution in [2.45, 2.75) is 57.5 Å². The Hall–Kier alpha value is -2.20. The lowest BCUT2D eigenvalue weighted by atomic mass is 9.77. The number of halogens is 2. The van der Waals surface area contributed by atoms with E-state index in [1.54, 1.807) is 13.0 Å². The Morgan fingerprint density at radius 2 is 1.71 bits per heavy atom. The Labute approximate surface area is 184 Å². The summed E-state index contributed by atoms with van der Waals surface area (Å²) in [4.78, 5) is 0. The monoisotopic (exact) mass is 426 g/mol. The molecule has 0 N–H and O–H groups in total. The fourth-order valence-corrected chi connectivity index (χ4v) is 5.12. The van der Waals surface area contributed by atoms with E-state index >= 15 is 0 Å². The maximum atomic E-state index is 14.5. The van der Waals surface area contributed by atoms with Crippen LogP contribution in [0.4, 0.5) is 8.78 Å². The second-order valence-corrected chi connectivity index (χ2v) is 8.85. The summed E-state index contributed by atoms with van der Waals surface area (Å²) < 4.78 is 40.2. The molecule has 31 heavy (non-hydrogen) atoms. The van der Waals surface area contributed by atoms with Gasteiger partial charge in [-0.05, 0) is 80.5 Å². The van der Waals surface area contributed by atoms with Crippen LogP contribution in [0.1, 0.15) is 56.9 Å². The van der Waals surface area contributed by atoms with E-state index in [0.29, 0.717) is 36.0 Å². The van der Waals surface area contributed by atoms with Crippen molar-refractivity contribution in [1.82, 2.24) is 0 Å². The van der Waals surface area contributed by atoms with Gasteiger partial charge in [0.25, 0.3) is 0 Å². The van der Waals surface area contributed by atoms with Gasteiger partial charge in [0.05, 0.1) is 19.3 Å². The lowest BCUT2D eigenvalue weighted by Gasteiger charge is -2.37. The second kappa shape index (κ2) is 9.95. The van der Waals surface area contributed by atoms with Crippen LogP contribution >= 0.6 is 0 Å². The molecule has 2 fully saturated rings. The van der Waals surface area contributed by atoms with Gasteiger partial charge in [0.2, 0.25) is 5.82 Å². The lowest BCUT2D eigenvalue weighted by Crippen LogP contribution is -2.33. The standard InChI is InChI=1S/C27H32F2O2/c1-3-18-5-7-21(8-6-18)24-15-13-22(17-31-24)19-9-11-20(12-10-19)23-14-16-25(30-4-2)27(29)26(23)28/h3,9-12,14,16,18,21-22,24H,1,4-8,13,15,17H2,2H3. The van der Waals surface area contributed by atoms with Crippen molar-refractivity contribution in [3.63, 3.8) is 0 Å². The summed E-state index contributed by atoms with van der Waals surface area (Å²) in [7, 11) is 0. The Morgan fingerprint density at radius 1 is 0.968 bits per heavy atom. The van der Waals surface area contributed by atoms with Crippen LogP contribution in [0.5, 0.6) is 5.75 Å². The number of allylic oxidation sites excluding steroid dienone is 1. The molecule has 4 rings (SSSR count). The minimum Gasteiger partial charge on any atom is -0.491 e. The van der Waals surface area contributed by atoms with Gasteiger partial charge in [-0.15, -0.1) is 6.58 Å². The van der Waals surface area contributed by atoms with E-state index in [1.165, 1.54) is 37.3 Å². The Balaban J connectivity index is 1.37. The van der Waals surface area contributed by atoms with E-state index in [2.05, 4.69) is 12.7 Å². The molecule has 0 amide bonds. The van der Waals surface area contributed by atoms with Crippen LogP contribution in [-0.2, 0) is 4.74 Å². The number of hydrogen-bond donors (Lipinski definition) is 0. The van der Waals surface area contributed by atoms with Crippen LogP contribution in [-0.4, -0.2) is 19.3 Å². The predicted molar refractivity (Wildman–Crippen MR) is 120 cm³/mol. The van der Waals surface area contributed by atoms with Gasteiger partial charge in [-0.3, -0.25) is 0 Å². The van der Waals surface area contributed by atoms with Crippen molar-refractivity contribution < 1.29 is 18.3 Å². The average molecular weight is 427 g/mol. The van der Waals surface area contributed by atoms with E-state index in [4.69, 9.17) is 9.47 Å². The molecule has 2 aliphatic rings. The first-order chi connectivity index (χ1) is 15.1. The molecular weight excluding hydrogens is 394 g/mol. The van der Waals surface area contributed by atoms with Crippen LogP contribution in [0, 0.1) is 23.5 Å². The summed E-state index contributed by atoms with van der Waals surface area (Å²) in [6, 6.07) is 10.8. The molecule has 2 unspecified atom stereocenters. The third kappa shape index (κ3) is 4.85. The lowest BCUT2D eigenvalue weighted by molar-refractivity contribution is -0.0419. The van der Waals surface area contributed by atoms with Crippen molar-refractivity contribution in [2.24, 2.45) is 11.8 Å². The van der Waals surface area contributed by atoms with E-state index in [9.17, 15) is 8.78 Å². The van der Waals surface area contributed by atoms with Gasteiger partial charge < -0.3 is 9.47 Å². The predicted octanol–water partition coefficient (Wildman–Crippen LogP) is 7.29. The average Bonchev–Trinajstić information content (AvgIpc) is 2.83. The zero-order valence-corrected chi connectivity index (χ0v) is 18.3. The molecule has 2 nitrogen and oxygen atoms in total. The molecule has 0 spiro atoms. The van der Waals surface area contributed by atoms with Crippen LogP contribution in [0.3, 0.4) is 0 Å². The van der Waals surface area contributed by atoms with Gasteiger partial charge in [0.15, 0.2) is 11.6 Å². The molecule has 166 valence electrons. The zero-order chi connectivity index (χ0) is 21.8. The summed E-state index contributed by atoms with van der Waals surface area (Å²) in [5.41, 5.74) is 2.11. The first-order valence-electron chi connectivity index (χ1n) is 11.6. The molecule has 1 saturated heterocycles. The van der Waals surface area contributed by atoms with Crippen molar-refractivity contribution in [3.8, 4) is 16.9 Å². The molecule has 1 saturated carbocycles. The molecule has 4 heteroatoms. The van der Waals surface area contributed by atoms with E-state index in [-0.39, 0.29) is 11.3 Å². The maximum Gasteiger partial charge on any atom is 0.201 e. The van der Waals surface area contributed by atoms with Crippen LogP contribution in [0.15, 0.2) is 49.1 Å². The van der Waals surface area contributed by atoms with E-state index in [1.807, 2.05) is 24.3 Å². The number of benzene rings is 2. The van der Waals surface area contributed by atoms with Gasteiger partial charge in [-0.25, -0.2) is 4.39 Å². The van der Waals surface area contributed by atoms with Crippen LogP contribution < -0.4 is 4.74 Å². The maximum absolute atomic E-state index is 14.5. The Kier molecular flexibility index (Phi) is 7.06. The van der Waals surface area contributed by atoms with E-state index in [0.717, 1.165) is 19.4 Å². The highest BCUT2D eigenvalue weighted by Crippen LogP contribution is 2.38. The second-order valence-electron chi connectivity index (χ2n) is 8.85. The Bertz CT molecular complexity index is 877. The molecule has 0 aromatic heterocycles.